The summed E-state index contributed by atoms with van der Waals surface area (Å²) in [6.45, 7) is 3.10. The van der Waals surface area contributed by atoms with Crippen LogP contribution in [0.15, 0.2) is 54.7 Å². The van der Waals surface area contributed by atoms with Crippen LogP contribution in [0.5, 0.6) is 5.75 Å². The molecule has 152 valence electrons. The van der Waals surface area contributed by atoms with Crippen molar-refractivity contribution in [3.05, 3.63) is 60.4 Å². The highest BCUT2D eigenvalue weighted by molar-refractivity contribution is 5.65. The van der Waals surface area contributed by atoms with Crippen LogP contribution < -0.4 is 15.4 Å². The van der Waals surface area contributed by atoms with E-state index in [2.05, 4.69) is 30.3 Å². The van der Waals surface area contributed by atoms with Crippen LogP contribution in [-0.4, -0.2) is 34.4 Å². The van der Waals surface area contributed by atoms with Gasteiger partial charge in [0.05, 0.1) is 5.69 Å². The lowest BCUT2D eigenvalue weighted by Crippen LogP contribution is -2.17. The van der Waals surface area contributed by atoms with Gasteiger partial charge in [-0.05, 0) is 31.2 Å². The van der Waals surface area contributed by atoms with E-state index < -0.39 is 6.36 Å². The van der Waals surface area contributed by atoms with Gasteiger partial charge in [-0.15, -0.1) is 13.2 Å². The minimum Gasteiger partial charge on any atom is -0.406 e. The normalized spacial score (nSPS) is 11.2. The highest BCUT2D eigenvalue weighted by Gasteiger charge is 2.31. The zero-order valence-corrected chi connectivity index (χ0v) is 15.7. The lowest BCUT2D eigenvalue weighted by molar-refractivity contribution is -0.274. The molecule has 0 aliphatic rings. The summed E-state index contributed by atoms with van der Waals surface area (Å²) in [5.74, 6) is 0.639. The molecule has 2 N–H and O–H groups in total. The van der Waals surface area contributed by atoms with Crippen molar-refractivity contribution in [2.75, 3.05) is 23.7 Å². The highest BCUT2D eigenvalue weighted by Crippen LogP contribution is 2.28. The lowest BCUT2D eigenvalue weighted by Gasteiger charge is -2.12. The topological polar surface area (TPSA) is 72.0 Å². The molecule has 0 amide bonds. The molecule has 2 aromatic heterocycles. The molecule has 0 unspecified atom stereocenters. The van der Waals surface area contributed by atoms with Crippen molar-refractivity contribution < 1.29 is 17.9 Å². The zero-order chi connectivity index (χ0) is 20.7. The van der Waals surface area contributed by atoms with Crippen LogP contribution in [0.1, 0.15) is 12.6 Å². The third-order valence-electron chi connectivity index (χ3n) is 3.84. The minimum absolute atomic E-state index is 0.303. The van der Waals surface area contributed by atoms with Gasteiger partial charge in [0, 0.05) is 43.0 Å². The first-order chi connectivity index (χ1) is 13.9. The van der Waals surface area contributed by atoms with Crippen molar-refractivity contribution in [2.45, 2.75) is 19.7 Å². The molecule has 6 nitrogen and oxygen atoms in total. The van der Waals surface area contributed by atoms with Crippen molar-refractivity contribution in [2.24, 2.45) is 0 Å². The van der Waals surface area contributed by atoms with Gasteiger partial charge < -0.3 is 15.4 Å². The summed E-state index contributed by atoms with van der Waals surface area (Å²) in [5.41, 5.74) is 1.91. The van der Waals surface area contributed by atoms with Gasteiger partial charge in [-0.2, -0.15) is 4.98 Å². The summed E-state index contributed by atoms with van der Waals surface area (Å²) in [5, 5.41) is 6.25. The largest absolute Gasteiger partial charge is 0.573 e. The molecule has 0 spiro atoms. The van der Waals surface area contributed by atoms with Crippen LogP contribution in [0.2, 0.25) is 0 Å². The second-order valence-electron chi connectivity index (χ2n) is 6.07. The van der Waals surface area contributed by atoms with Gasteiger partial charge in [0.25, 0.3) is 0 Å². The maximum Gasteiger partial charge on any atom is 0.573 e. The van der Waals surface area contributed by atoms with Crippen molar-refractivity contribution in [1.29, 1.82) is 0 Å². The highest BCUT2D eigenvalue weighted by atomic mass is 19.4. The summed E-state index contributed by atoms with van der Waals surface area (Å²) in [6.07, 6.45) is -2.32. The Hall–Kier alpha value is -3.36. The summed E-state index contributed by atoms with van der Waals surface area (Å²) in [6, 6.07) is 13.1. The van der Waals surface area contributed by atoms with E-state index in [1.54, 1.807) is 18.3 Å². The molecule has 0 aliphatic carbocycles. The lowest BCUT2D eigenvalue weighted by atomic mass is 10.1. The fourth-order valence-electron chi connectivity index (χ4n) is 2.64. The third-order valence-corrected chi connectivity index (χ3v) is 3.84. The average molecular weight is 403 g/mol. The summed E-state index contributed by atoms with van der Waals surface area (Å²) >= 11 is 0. The number of nitrogens with zero attached hydrogens (tertiary/aromatic N) is 3. The monoisotopic (exact) mass is 403 g/mol. The van der Waals surface area contributed by atoms with Gasteiger partial charge in [0.2, 0.25) is 5.95 Å². The maximum absolute atomic E-state index is 12.5. The number of aromatic nitrogens is 3. The summed E-state index contributed by atoms with van der Waals surface area (Å²) in [7, 11) is 0. The quantitative estimate of drug-likeness (QED) is 0.576. The summed E-state index contributed by atoms with van der Waals surface area (Å²) < 4.78 is 41.5. The molecule has 0 saturated carbocycles. The number of benzene rings is 1. The molecular weight excluding hydrogens is 383 g/mol. The van der Waals surface area contributed by atoms with E-state index in [-0.39, 0.29) is 5.75 Å². The first kappa shape index (κ1) is 20.4. The number of nitrogens with one attached hydrogen (secondary N) is 2. The molecule has 0 fully saturated rings. The van der Waals surface area contributed by atoms with Gasteiger partial charge >= 0.3 is 6.36 Å². The van der Waals surface area contributed by atoms with E-state index in [4.69, 9.17) is 0 Å². The van der Waals surface area contributed by atoms with E-state index in [0.717, 1.165) is 5.69 Å². The van der Waals surface area contributed by atoms with E-state index in [1.807, 2.05) is 25.1 Å². The van der Waals surface area contributed by atoms with Crippen LogP contribution in [0.25, 0.3) is 11.3 Å². The number of pyridine rings is 1. The van der Waals surface area contributed by atoms with Gasteiger partial charge in [-0.25, -0.2) is 4.98 Å². The number of hydrogen-bond donors (Lipinski definition) is 2. The second kappa shape index (κ2) is 9.22. The van der Waals surface area contributed by atoms with Crippen LogP contribution in [-0.2, 0) is 6.42 Å². The first-order valence-electron chi connectivity index (χ1n) is 9.06. The Morgan fingerprint density at radius 1 is 1.00 bits per heavy atom. The SMILES string of the molecule is CCNc1nc(NCCc2ccccn2)cc(-c2cccc(OC(F)(F)F)c2)n1. The predicted octanol–water partition coefficient (Wildman–Crippen LogP) is 4.52. The Balaban J connectivity index is 1.80. The van der Waals surface area contributed by atoms with Crippen molar-refractivity contribution in [3.63, 3.8) is 0 Å². The number of ether oxygens (including phenoxy) is 1. The smallest absolute Gasteiger partial charge is 0.406 e. The Kier molecular flexibility index (Phi) is 6.48. The van der Waals surface area contributed by atoms with Crippen LogP contribution in [0, 0.1) is 0 Å². The molecule has 2 heterocycles. The average Bonchev–Trinajstić information content (AvgIpc) is 2.68. The molecule has 3 rings (SSSR count). The number of rotatable bonds is 8. The van der Waals surface area contributed by atoms with Crippen LogP contribution in [0.3, 0.4) is 0 Å². The Bertz CT molecular complexity index is 935. The van der Waals surface area contributed by atoms with E-state index in [9.17, 15) is 13.2 Å². The van der Waals surface area contributed by atoms with Gasteiger partial charge in [-0.1, -0.05) is 18.2 Å². The first-order valence-corrected chi connectivity index (χ1v) is 9.06. The zero-order valence-electron chi connectivity index (χ0n) is 15.7. The number of hydrogen-bond acceptors (Lipinski definition) is 6. The van der Waals surface area contributed by atoms with Crippen molar-refractivity contribution >= 4 is 11.8 Å². The molecule has 0 radical (unpaired) electrons. The number of anilines is 2. The van der Waals surface area contributed by atoms with Crippen molar-refractivity contribution in [3.8, 4) is 17.0 Å². The molecule has 3 aromatic rings. The Labute approximate surface area is 166 Å². The summed E-state index contributed by atoms with van der Waals surface area (Å²) in [4.78, 5) is 13.1. The van der Waals surface area contributed by atoms with Gasteiger partial charge in [-0.3, -0.25) is 4.98 Å². The molecule has 0 bridgehead atoms. The molecule has 9 heteroatoms. The number of alkyl halides is 3. The van der Waals surface area contributed by atoms with Gasteiger partial charge in [0.15, 0.2) is 0 Å². The molecule has 0 saturated heterocycles. The van der Waals surface area contributed by atoms with Crippen LogP contribution in [0.4, 0.5) is 24.9 Å². The molecule has 0 atom stereocenters. The minimum atomic E-state index is -4.75. The fourth-order valence-corrected chi connectivity index (χ4v) is 2.64. The molecular formula is C20H20F3N5O. The van der Waals surface area contributed by atoms with Crippen molar-refractivity contribution in [1.82, 2.24) is 15.0 Å². The molecule has 0 aliphatic heterocycles. The number of halogens is 3. The maximum atomic E-state index is 12.5. The Morgan fingerprint density at radius 2 is 1.86 bits per heavy atom. The van der Waals surface area contributed by atoms with E-state index in [0.29, 0.717) is 42.5 Å². The predicted molar refractivity (Wildman–Crippen MR) is 105 cm³/mol. The van der Waals surface area contributed by atoms with E-state index in [1.165, 1.54) is 18.2 Å². The standard InChI is InChI=1S/C20H20F3N5O/c1-2-24-19-27-17(14-6-5-8-16(12-14)29-20(21,22)23)13-18(28-19)26-11-9-15-7-3-4-10-25-15/h3-8,10,12-13H,2,9,11H2,1H3,(H2,24,26,27,28). The third kappa shape index (κ3) is 6.34. The fraction of sp³-hybridized carbons (Fsp3) is 0.250. The van der Waals surface area contributed by atoms with Gasteiger partial charge in [0.1, 0.15) is 11.6 Å². The van der Waals surface area contributed by atoms with E-state index >= 15 is 0 Å². The van der Waals surface area contributed by atoms with Crippen LogP contribution >= 0.6 is 0 Å². The Morgan fingerprint density at radius 3 is 2.59 bits per heavy atom. The molecule has 29 heavy (non-hydrogen) atoms. The second-order valence-corrected chi connectivity index (χ2v) is 6.07. The molecule has 1 aromatic carbocycles.